The van der Waals surface area contributed by atoms with Crippen LogP contribution in [-0.4, -0.2) is 55.4 Å². The Balaban J connectivity index is 1.33. The van der Waals surface area contributed by atoms with Crippen LogP contribution >= 0.6 is 0 Å². The lowest BCUT2D eigenvalue weighted by molar-refractivity contribution is -0.132. The lowest BCUT2D eigenvalue weighted by Gasteiger charge is -2.37. The summed E-state index contributed by atoms with van der Waals surface area (Å²) in [6.45, 7) is 9.02. The number of sulfonamides is 1. The van der Waals surface area contributed by atoms with Crippen LogP contribution < -0.4 is 9.62 Å². The van der Waals surface area contributed by atoms with Gasteiger partial charge in [-0.1, -0.05) is 38.1 Å². The molecule has 1 saturated heterocycles. The molecule has 0 radical (unpaired) electrons. The number of anilines is 2. The molecule has 1 atom stereocenters. The van der Waals surface area contributed by atoms with E-state index in [1.165, 1.54) is 24.2 Å². The molecule has 3 aromatic rings. The number of aromatic nitrogens is 2. The molecule has 36 heavy (non-hydrogen) atoms. The zero-order valence-electron chi connectivity index (χ0n) is 21.0. The molecule has 2 aromatic carbocycles. The van der Waals surface area contributed by atoms with Gasteiger partial charge in [-0.05, 0) is 60.7 Å². The highest BCUT2D eigenvalue weighted by atomic mass is 32.2. The van der Waals surface area contributed by atoms with Gasteiger partial charge in [0.1, 0.15) is 12.1 Å². The first kappa shape index (κ1) is 25.6. The molecule has 1 N–H and O–H groups in total. The Morgan fingerprint density at radius 3 is 2.19 bits per heavy atom. The van der Waals surface area contributed by atoms with Crippen LogP contribution in [0.1, 0.15) is 37.8 Å². The number of nitrogens with zero attached hydrogens (tertiary/aromatic N) is 4. The second-order valence-corrected chi connectivity index (χ2v) is 11.2. The minimum absolute atomic E-state index is 0.142. The number of amides is 1. The molecule has 4 rings (SSSR count). The molecular weight excluding hydrogens is 474 g/mol. The minimum Gasteiger partial charge on any atom is -0.368 e. The van der Waals surface area contributed by atoms with Gasteiger partial charge >= 0.3 is 0 Å². The highest BCUT2D eigenvalue weighted by molar-refractivity contribution is 7.92. The SMILES string of the molecule is CC(C)Cc1ccc([C@@H](C)C(=O)N2CCN(c3ccc(S(=O)(=O)Nc4ccncn4)cc3)CC2)cc1. The van der Waals surface area contributed by atoms with Crippen LogP contribution in [0.4, 0.5) is 11.5 Å². The molecule has 0 unspecified atom stereocenters. The summed E-state index contributed by atoms with van der Waals surface area (Å²) in [6, 6.07) is 16.7. The van der Waals surface area contributed by atoms with Gasteiger partial charge < -0.3 is 9.80 Å². The van der Waals surface area contributed by atoms with Gasteiger partial charge in [-0.3, -0.25) is 9.52 Å². The first-order valence-corrected chi connectivity index (χ1v) is 13.7. The summed E-state index contributed by atoms with van der Waals surface area (Å²) in [7, 11) is -3.74. The molecule has 1 amide bonds. The zero-order valence-corrected chi connectivity index (χ0v) is 21.8. The third-order valence-electron chi connectivity index (χ3n) is 6.42. The molecular formula is C27H33N5O3S. The molecule has 1 fully saturated rings. The van der Waals surface area contributed by atoms with Crippen LogP contribution in [0.2, 0.25) is 0 Å². The quantitative estimate of drug-likeness (QED) is 0.496. The molecule has 8 nitrogen and oxygen atoms in total. The van der Waals surface area contributed by atoms with Crippen molar-refractivity contribution >= 4 is 27.4 Å². The summed E-state index contributed by atoms with van der Waals surface area (Å²) in [5.41, 5.74) is 3.27. The largest absolute Gasteiger partial charge is 0.368 e. The number of carbonyl (C=O) groups excluding carboxylic acids is 1. The minimum atomic E-state index is -3.74. The maximum absolute atomic E-state index is 13.1. The summed E-state index contributed by atoms with van der Waals surface area (Å²) in [6.07, 6.45) is 3.80. The number of hydrogen-bond acceptors (Lipinski definition) is 6. The van der Waals surface area contributed by atoms with Gasteiger partial charge in [0, 0.05) is 38.1 Å². The van der Waals surface area contributed by atoms with Gasteiger partial charge in [0.2, 0.25) is 5.91 Å². The average molecular weight is 508 g/mol. The van der Waals surface area contributed by atoms with E-state index in [-0.39, 0.29) is 22.5 Å². The predicted molar refractivity (Wildman–Crippen MR) is 141 cm³/mol. The number of benzene rings is 2. The van der Waals surface area contributed by atoms with Crippen LogP contribution in [0.5, 0.6) is 0 Å². The number of piperazine rings is 1. The smallest absolute Gasteiger partial charge is 0.263 e. The Labute approximate surface area is 213 Å². The fourth-order valence-corrected chi connectivity index (χ4v) is 5.41. The molecule has 1 aliphatic heterocycles. The lowest BCUT2D eigenvalue weighted by atomic mass is 9.95. The highest BCUT2D eigenvalue weighted by Gasteiger charge is 2.26. The highest BCUT2D eigenvalue weighted by Crippen LogP contribution is 2.24. The van der Waals surface area contributed by atoms with E-state index >= 15 is 0 Å². The van der Waals surface area contributed by atoms with Crippen molar-refractivity contribution < 1.29 is 13.2 Å². The molecule has 190 valence electrons. The summed E-state index contributed by atoms with van der Waals surface area (Å²) >= 11 is 0. The fraction of sp³-hybridized carbons (Fsp3) is 0.370. The van der Waals surface area contributed by atoms with Gasteiger partial charge in [-0.2, -0.15) is 0 Å². The Kier molecular flexibility index (Phi) is 7.88. The second-order valence-electron chi connectivity index (χ2n) is 9.57. The van der Waals surface area contributed by atoms with Crippen molar-refractivity contribution in [3.05, 3.63) is 78.2 Å². The van der Waals surface area contributed by atoms with E-state index in [2.05, 4.69) is 57.7 Å². The first-order chi connectivity index (χ1) is 17.2. The van der Waals surface area contributed by atoms with E-state index in [0.717, 1.165) is 17.7 Å². The molecule has 0 saturated carbocycles. The van der Waals surface area contributed by atoms with E-state index in [1.807, 2.05) is 11.8 Å². The first-order valence-electron chi connectivity index (χ1n) is 12.2. The molecule has 0 bridgehead atoms. The predicted octanol–water partition coefficient (Wildman–Crippen LogP) is 3.93. The van der Waals surface area contributed by atoms with Crippen LogP contribution in [0.25, 0.3) is 0 Å². The van der Waals surface area contributed by atoms with Crippen LogP contribution in [0.3, 0.4) is 0 Å². The normalized spacial score (nSPS) is 15.1. The van der Waals surface area contributed by atoms with E-state index in [9.17, 15) is 13.2 Å². The number of rotatable bonds is 8. The maximum atomic E-state index is 13.1. The van der Waals surface area contributed by atoms with Crippen molar-refractivity contribution in [1.82, 2.24) is 14.9 Å². The maximum Gasteiger partial charge on any atom is 0.263 e. The van der Waals surface area contributed by atoms with Crippen molar-refractivity contribution in [3.63, 3.8) is 0 Å². The van der Waals surface area contributed by atoms with E-state index in [0.29, 0.717) is 32.1 Å². The molecule has 1 aliphatic rings. The van der Waals surface area contributed by atoms with E-state index < -0.39 is 10.0 Å². The summed E-state index contributed by atoms with van der Waals surface area (Å²) in [5, 5.41) is 0. The molecule has 2 heterocycles. The van der Waals surface area contributed by atoms with E-state index in [1.54, 1.807) is 24.3 Å². The topological polar surface area (TPSA) is 95.5 Å². The van der Waals surface area contributed by atoms with Gasteiger partial charge in [-0.25, -0.2) is 18.4 Å². The van der Waals surface area contributed by atoms with Crippen molar-refractivity contribution in [3.8, 4) is 0 Å². The van der Waals surface area contributed by atoms with Crippen molar-refractivity contribution in [2.24, 2.45) is 5.92 Å². The van der Waals surface area contributed by atoms with Gasteiger partial charge in [0.25, 0.3) is 10.0 Å². The zero-order chi connectivity index (χ0) is 25.7. The van der Waals surface area contributed by atoms with Crippen molar-refractivity contribution in [1.29, 1.82) is 0 Å². The van der Waals surface area contributed by atoms with Gasteiger partial charge in [-0.15, -0.1) is 0 Å². The number of carbonyl (C=O) groups is 1. The third kappa shape index (κ3) is 6.20. The van der Waals surface area contributed by atoms with E-state index in [4.69, 9.17) is 0 Å². The Morgan fingerprint density at radius 2 is 1.61 bits per heavy atom. The third-order valence-corrected chi connectivity index (χ3v) is 7.79. The van der Waals surface area contributed by atoms with Crippen LogP contribution in [-0.2, 0) is 21.2 Å². The van der Waals surface area contributed by atoms with Crippen LogP contribution in [0, 0.1) is 5.92 Å². The van der Waals surface area contributed by atoms with Gasteiger partial charge in [0.15, 0.2) is 0 Å². The summed E-state index contributed by atoms with van der Waals surface area (Å²) < 4.78 is 27.7. The monoisotopic (exact) mass is 507 g/mol. The Hall–Kier alpha value is -3.46. The summed E-state index contributed by atoms with van der Waals surface area (Å²) in [4.78, 5) is 25.1. The molecule has 0 aliphatic carbocycles. The Morgan fingerprint density at radius 1 is 0.944 bits per heavy atom. The van der Waals surface area contributed by atoms with Gasteiger partial charge in [0.05, 0.1) is 10.8 Å². The lowest BCUT2D eigenvalue weighted by Crippen LogP contribution is -2.49. The Bertz CT molecular complexity index is 1260. The standard InChI is InChI=1S/C27H33N5O3S/c1-20(2)18-22-4-6-23(7-5-22)21(3)27(33)32-16-14-31(15-17-32)24-8-10-25(11-9-24)36(34,35)30-26-12-13-28-19-29-26/h4-13,19-21H,14-18H2,1-3H3,(H,28,29,30)/t21-/m1/s1. The van der Waals surface area contributed by atoms with Crippen LogP contribution in [0.15, 0.2) is 72.0 Å². The number of hydrogen-bond donors (Lipinski definition) is 1. The molecule has 1 aromatic heterocycles. The fourth-order valence-electron chi connectivity index (χ4n) is 4.40. The van der Waals surface area contributed by atoms with Crippen molar-refractivity contribution in [2.45, 2.75) is 38.0 Å². The average Bonchev–Trinajstić information content (AvgIpc) is 2.88. The molecule has 9 heteroatoms. The second kappa shape index (κ2) is 11.1. The molecule has 0 spiro atoms. The van der Waals surface area contributed by atoms with Crippen molar-refractivity contribution in [2.75, 3.05) is 35.8 Å². The summed E-state index contributed by atoms with van der Waals surface area (Å²) in [5.74, 6) is 0.781. The number of nitrogens with one attached hydrogen (secondary N) is 1.